The Bertz CT molecular complexity index is 608. The van der Waals surface area contributed by atoms with E-state index in [9.17, 15) is 19.2 Å². The number of carbonyl (C=O) groups is 4. The van der Waals surface area contributed by atoms with Gasteiger partial charge in [0.2, 0.25) is 5.91 Å². The number of carbonyl (C=O) groups excluding carboxylic acids is 4. The number of halogens is 1. The van der Waals surface area contributed by atoms with Gasteiger partial charge in [-0.25, -0.2) is 4.79 Å². The third-order valence-electron chi connectivity index (χ3n) is 2.37. The molecule has 1 aromatic rings. The molecule has 0 aliphatic rings. The van der Waals surface area contributed by atoms with Crippen LogP contribution in [0.5, 0.6) is 0 Å². The second-order valence-electron chi connectivity index (χ2n) is 4.25. The lowest BCUT2D eigenvalue weighted by Crippen LogP contribution is -2.34. The molecule has 0 saturated carbocycles. The number of methoxy groups -OCH3 is 1. The molecule has 24 heavy (non-hydrogen) atoms. The smallest absolute Gasteiger partial charge is 0.413 e. The van der Waals surface area contributed by atoms with E-state index < -0.39 is 24.6 Å². The molecule has 3 amide bonds. The van der Waals surface area contributed by atoms with E-state index >= 15 is 0 Å². The molecule has 8 nitrogen and oxygen atoms in total. The lowest BCUT2D eigenvalue weighted by molar-refractivity contribution is -0.145. The van der Waals surface area contributed by atoms with E-state index in [2.05, 4.69) is 14.8 Å². The molecule has 1 aromatic carbocycles. The zero-order chi connectivity index (χ0) is 17.9. The Morgan fingerprint density at radius 3 is 2.38 bits per heavy atom. The van der Waals surface area contributed by atoms with E-state index in [-0.39, 0.29) is 17.4 Å². The van der Waals surface area contributed by atoms with Crippen molar-refractivity contribution in [1.29, 1.82) is 0 Å². The lowest BCUT2D eigenvalue weighted by Gasteiger charge is -2.06. The average molecular weight is 375 g/mol. The minimum absolute atomic E-state index is 0.0338. The number of nitrogens with one attached hydrogen (secondary N) is 2. The van der Waals surface area contributed by atoms with Crippen molar-refractivity contribution in [1.82, 2.24) is 5.32 Å². The maximum atomic E-state index is 11.7. The third kappa shape index (κ3) is 8.39. The third-order valence-corrected chi connectivity index (χ3v) is 3.53. The van der Waals surface area contributed by atoms with Crippen LogP contribution in [0, 0.1) is 0 Å². The van der Waals surface area contributed by atoms with Crippen LogP contribution < -0.4 is 10.6 Å². The first-order valence-corrected chi connectivity index (χ1v) is 8.10. The number of rotatable bonds is 7. The Morgan fingerprint density at radius 1 is 1.08 bits per heavy atom. The molecule has 0 aromatic heterocycles. The van der Waals surface area contributed by atoms with Crippen LogP contribution in [0.2, 0.25) is 5.02 Å². The molecule has 0 radical (unpaired) electrons. The zero-order valence-corrected chi connectivity index (χ0v) is 14.2. The van der Waals surface area contributed by atoms with Gasteiger partial charge in [0.25, 0.3) is 5.91 Å². The molecule has 0 aliphatic carbocycles. The minimum Gasteiger partial charge on any atom is -0.455 e. The van der Waals surface area contributed by atoms with Gasteiger partial charge in [0, 0.05) is 10.7 Å². The van der Waals surface area contributed by atoms with Gasteiger partial charge in [0.15, 0.2) is 6.61 Å². The van der Waals surface area contributed by atoms with E-state index in [0.717, 1.165) is 18.9 Å². The van der Waals surface area contributed by atoms with Crippen molar-refractivity contribution >= 4 is 52.9 Å². The van der Waals surface area contributed by atoms with Crippen LogP contribution in [-0.2, 0) is 23.9 Å². The number of amides is 3. The van der Waals surface area contributed by atoms with Gasteiger partial charge in [-0.3, -0.25) is 19.7 Å². The van der Waals surface area contributed by atoms with Crippen molar-refractivity contribution in [2.45, 2.75) is 0 Å². The second kappa shape index (κ2) is 10.5. The number of anilines is 1. The van der Waals surface area contributed by atoms with Gasteiger partial charge < -0.3 is 14.8 Å². The summed E-state index contributed by atoms with van der Waals surface area (Å²) in [6, 6.07) is 6.58. The van der Waals surface area contributed by atoms with E-state index in [1.54, 1.807) is 24.3 Å². The number of benzene rings is 1. The normalized spacial score (nSPS) is 9.75. The number of hydrogen-bond acceptors (Lipinski definition) is 7. The topological polar surface area (TPSA) is 111 Å². The predicted molar refractivity (Wildman–Crippen MR) is 88.9 cm³/mol. The Kier molecular flexibility index (Phi) is 8.66. The highest BCUT2D eigenvalue weighted by molar-refractivity contribution is 8.00. The average Bonchev–Trinajstić information content (AvgIpc) is 2.55. The monoisotopic (exact) mass is 374 g/mol. The quantitative estimate of drug-likeness (QED) is 0.694. The van der Waals surface area contributed by atoms with E-state index in [4.69, 9.17) is 11.6 Å². The van der Waals surface area contributed by atoms with Crippen LogP contribution in [0.4, 0.5) is 10.5 Å². The summed E-state index contributed by atoms with van der Waals surface area (Å²) in [4.78, 5) is 44.9. The highest BCUT2D eigenvalue weighted by Crippen LogP contribution is 2.13. The first-order chi connectivity index (χ1) is 11.4. The van der Waals surface area contributed by atoms with Gasteiger partial charge in [0.05, 0.1) is 18.6 Å². The van der Waals surface area contributed by atoms with Crippen molar-refractivity contribution in [3.63, 3.8) is 0 Å². The van der Waals surface area contributed by atoms with Crippen LogP contribution in [0.15, 0.2) is 24.3 Å². The maximum absolute atomic E-state index is 11.7. The highest BCUT2D eigenvalue weighted by atomic mass is 35.5. The van der Waals surface area contributed by atoms with Gasteiger partial charge in [-0.2, -0.15) is 0 Å². The Balaban J connectivity index is 2.18. The van der Waals surface area contributed by atoms with Gasteiger partial charge in [-0.05, 0) is 24.3 Å². The summed E-state index contributed by atoms with van der Waals surface area (Å²) in [5, 5.41) is 5.02. The fourth-order valence-electron chi connectivity index (χ4n) is 1.35. The molecular formula is C14H15ClN2O6S. The molecule has 0 spiro atoms. The van der Waals surface area contributed by atoms with E-state index in [1.165, 1.54) is 0 Å². The minimum atomic E-state index is -0.940. The van der Waals surface area contributed by atoms with E-state index in [0.29, 0.717) is 10.7 Å². The van der Waals surface area contributed by atoms with Crippen molar-refractivity contribution in [3.8, 4) is 0 Å². The molecule has 1 rings (SSSR count). The molecule has 0 aliphatic heterocycles. The predicted octanol–water partition coefficient (Wildman–Crippen LogP) is 1.44. The number of ether oxygens (including phenoxy) is 2. The molecule has 0 unspecified atom stereocenters. The summed E-state index contributed by atoms with van der Waals surface area (Å²) >= 11 is 6.76. The van der Waals surface area contributed by atoms with Crippen LogP contribution in [-0.4, -0.2) is 49.1 Å². The second-order valence-corrected chi connectivity index (χ2v) is 5.67. The molecule has 0 bridgehead atoms. The van der Waals surface area contributed by atoms with Crippen molar-refractivity contribution < 1.29 is 28.7 Å². The van der Waals surface area contributed by atoms with Crippen LogP contribution >= 0.6 is 23.4 Å². The Morgan fingerprint density at radius 2 is 1.75 bits per heavy atom. The van der Waals surface area contributed by atoms with E-state index in [1.807, 2.05) is 5.32 Å². The molecule has 0 atom stereocenters. The van der Waals surface area contributed by atoms with Crippen LogP contribution in [0.3, 0.4) is 0 Å². The van der Waals surface area contributed by atoms with Crippen molar-refractivity contribution in [3.05, 3.63) is 29.3 Å². The van der Waals surface area contributed by atoms with Crippen molar-refractivity contribution in [2.24, 2.45) is 0 Å². The number of alkyl carbamates (subject to hydrolysis) is 1. The number of hydrogen-bond donors (Lipinski definition) is 2. The van der Waals surface area contributed by atoms with Crippen LogP contribution in [0.1, 0.15) is 0 Å². The van der Waals surface area contributed by atoms with Gasteiger partial charge in [0.1, 0.15) is 0 Å². The lowest BCUT2D eigenvalue weighted by atomic mass is 10.3. The standard InChI is InChI=1S/C14H15ClN2O6S/c1-22-14(21)17-11(18)6-23-13(20)8-24-7-12(19)16-10-4-2-9(15)3-5-10/h2-5H,6-8H2,1H3,(H,16,19)(H,17,18,21). The summed E-state index contributed by atoms with van der Waals surface area (Å²) in [5.41, 5.74) is 0.590. The van der Waals surface area contributed by atoms with Gasteiger partial charge >= 0.3 is 12.1 Å². The number of imide groups is 1. The summed E-state index contributed by atoms with van der Waals surface area (Å²) in [5.74, 6) is -1.86. The molecule has 2 N–H and O–H groups in total. The molecule has 0 heterocycles. The number of thioether (sulfide) groups is 1. The molecule has 130 valence electrons. The molecule has 0 saturated heterocycles. The maximum Gasteiger partial charge on any atom is 0.413 e. The summed E-state index contributed by atoms with van der Waals surface area (Å²) in [6.45, 7) is -0.606. The Labute approximate surface area is 147 Å². The molecular weight excluding hydrogens is 360 g/mol. The fourth-order valence-corrected chi connectivity index (χ4v) is 2.08. The van der Waals surface area contributed by atoms with Gasteiger partial charge in [-0.1, -0.05) is 11.6 Å². The first kappa shape index (κ1) is 19.8. The number of esters is 1. The summed E-state index contributed by atoms with van der Waals surface area (Å²) < 4.78 is 8.84. The first-order valence-electron chi connectivity index (χ1n) is 6.57. The van der Waals surface area contributed by atoms with Gasteiger partial charge in [-0.15, -0.1) is 11.8 Å². The molecule has 0 fully saturated rings. The highest BCUT2D eigenvalue weighted by Gasteiger charge is 2.11. The fraction of sp³-hybridized carbons (Fsp3) is 0.286. The zero-order valence-electron chi connectivity index (χ0n) is 12.7. The SMILES string of the molecule is COC(=O)NC(=O)COC(=O)CSCC(=O)Nc1ccc(Cl)cc1. The largest absolute Gasteiger partial charge is 0.455 e. The Hall–Kier alpha value is -2.26. The summed E-state index contributed by atoms with van der Waals surface area (Å²) in [6.07, 6.45) is -0.940. The summed E-state index contributed by atoms with van der Waals surface area (Å²) in [7, 11) is 1.10. The van der Waals surface area contributed by atoms with Crippen LogP contribution in [0.25, 0.3) is 0 Å². The van der Waals surface area contributed by atoms with Crippen molar-refractivity contribution in [2.75, 3.05) is 30.5 Å². The molecule has 10 heteroatoms.